The zero-order valence-corrected chi connectivity index (χ0v) is 10.4. The van der Waals surface area contributed by atoms with Gasteiger partial charge in [0, 0.05) is 24.9 Å². The van der Waals surface area contributed by atoms with Crippen LogP contribution in [0.25, 0.3) is 0 Å². The molecule has 0 aromatic carbocycles. The van der Waals surface area contributed by atoms with Gasteiger partial charge in [-0.25, -0.2) is 9.78 Å². The molecule has 1 atom stereocenters. The molecule has 0 spiro atoms. The minimum atomic E-state index is -0.0724. The number of amides is 2. The molecule has 94 valence electrons. The van der Waals surface area contributed by atoms with E-state index in [2.05, 4.69) is 10.3 Å². The number of likely N-dealkylation sites (tertiary alicyclic amines) is 1. The van der Waals surface area contributed by atoms with Gasteiger partial charge in [-0.2, -0.15) is 0 Å². The third kappa shape index (κ3) is 3.17. The number of aliphatic hydroxyl groups is 1. The number of nitrogens with one attached hydrogen (secondary N) is 1. The van der Waals surface area contributed by atoms with E-state index in [0.29, 0.717) is 6.54 Å². The van der Waals surface area contributed by atoms with Crippen LogP contribution in [-0.2, 0) is 6.42 Å². The van der Waals surface area contributed by atoms with Gasteiger partial charge in [-0.3, -0.25) is 0 Å². The zero-order chi connectivity index (χ0) is 12.1. The lowest BCUT2D eigenvalue weighted by Crippen LogP contribution is -2.44. The summed E-state index contributed by atoms with van der Waals surface area (Å²) in [5, 5.41) is 14.0. The second-order valence-electron chi connectivity index (χ2n) is 4.13. The average Bonchev–Trinajstić information content (AvgIpc) is 2.99. The van der Waals surface area contributed by atoms with Crippen molar-refractivity contribution in [1.82, 2.24) is 15.2 Å². The highest BCUT2D eigenvalue weighted by Gasteiger charge is 2.27. The molecule has 0 radical (unpaired) electrons. The number of urea groups is 1. The van der Waals surface area contributed by atoms with E-state index in [9.17, 15) is 4.79 Å². The molecule has 1 aromatic heterocycles. The number of nitrogens with zero attached hydrogens (tertiary/aromatic N) is 2. The first kappa shape index (κ1) is 12.3. The fourth-order valence-corrected chi connectivity index (χ4v) is 2.65. The fraction of sp³-hybridized carbons (Fsp3) is 0.636. The van der Waals surface area contributed by atoms with Crippen LogP contribution in [0.3, 0.4) is 0 Å². The first-order valence-electron chi connectivity index (χ1n) is 5.83. The lowest BCUT2D eigenvalue weighted by Gasteiger charge is -2.23. The summed E-state index contributed by atoms with van der Waals surface area (Å²) in [6.45, 7) is 1.39. The largest absolute Gasteiger partial charge is 0.394 e. The van der Waals surface area contributed by atoms with Crippen LogP contribution in [0.4, 0.5) is 4.79 Å². The van der Waals surface area contributed by atoms with Gasteiger partial charge in [0.15, 0.2) is 0 Å². The average molecular weight is 255 g/mol. The van der Waals surface area contributed by atoms with Crippen LogP contribution < -0.4 is 5.32 Å². The summed E-state index contributed by atoms with van der Waals surface area (Å²) in [5.41, 5.74) is 2.80. The number of aliphatic hydroxyl groups excluding tert-OH is 1. The van der Waals surface area contributed by atoms with Crippen LogP contribution in [-0.4, -0.2) is 46.8 Å². The van der Waals surface area contributed by atoms with Gasteiger partial charge in [0.25, 0.3) is 0 Å². The molecular formula is C11H17N3O2S. The van der Waals surface area contributed by atoms with Crippen LogP contribution in [0.1, 0.15) is 18.5 Å². The predicted molar refractivity (Wildman–Crippen MR) is 66.0 cm³/mol. The Morgan fingerprint density at radius 1 is 1.71 bits per heavy atom. The normalized spacial score (nSPS) is 19.6. The Bertz CT molecular complexity index is 356. The highest BCUT2D eigenvalue weighted by molar-refractivity contribution is 7.07. The Morgan fingerprint density at radius 2 is 2.59 bits per heavy atom. The van der Waals surface area contributed by atoms with Crippen molar-refractivity contribution in [1.29, 1.82) is 0 Å². The quantitative estimate of drug-likeness (QED) is 0.838. The highest BCUT2D eigenvalue weighted by atomic mass is 32.1. The molecule has 2 rings (SSSR count). The van der Waals surface area contributed by atoms with Gasteiger partial charge in [-0.05, 0) is 12.8 Å². The van der Waals surface area contributed by atoms with E-state index in [1.807, 2.05) is 5.38 Å². The Kier molecular flexibility index (Phi) is 4.33. The molecule has 1 saturated heterocycles. The molecule has 0 unspecified atom stereocenters. The Balaban J connectivity index is 1.73. The molecule has 17 heavy (non-hydrogen) atoms. The van der Waals surface area contributed by atoms with Crippen molar-refractivity contribution in [3.8, 4) is 0 Å². The number of thiazole rings is 1. The van der Waals surface area contributed by atoms with Crippen LogP contribution in [0.5, 0.6) is 0 Å². The Labute approximate surface area is 104 Å². The van der Waals surface area contributed by atoms with Crippen molar-refractivity contribution in [3.63, 3.8) is 0 Å². The molecule has 5 nitrogen and oxygen atoms in total. The SMILES string of the molecule is O=C(NCCc1cscn1)N1CCC[C@@H]1CO. The summed E-state index contributed by atoms with van der Waals surface area (Å²) in [4.78, 5) is 17.7. The molecule has 0 aliphatic carbocycles. The Hall–Kier alpha value is -1.14. The van der Waals surface area contributed by atoms with E-state index in [-0.39, 0.29) is 18.7 Å². The molecule has 1 aliphatic heterocycles. The highest BCUT2D eigenvalue weighted by Crippen LogP contribution is 2.16. The number of carbonyl (C=O) groups excluding carboxylic acids is 1. The van der Waals surface area contributed by atoms with E-state index in [0.717, 1.165) is 31.5 Å². The van der Waals surface area contributed by atoms with Crippen LogP contribution in [0.2, 0.25) is 0 Å². The fourth-order valence-electron chi connectivity index (χ4n) is 2.05. The van der Waals surface area contributed by atoms with Crippen molar-refractivity contribution in [2.24, 2.45) is 0 Å². The monoisotopic (exact) mass is 255 g/mol. The molecular weight excluding hydrogens is 238 g/mol. The lowest BCUT2D eigenvalue weighted by molar-refractivity contribution is 0.157. The van der Waals surface area contributed by atoms with Crippen molar-refractivity contribution < 1.29 is 9.90 Å². The third-order valence-corrected chi connectivity index (χ3v) is 3.62. The topological polar surface area (TPSA) is 65.5 Å². The van der Waals surface area contributed by atoms with Crippen LogP contribution >= 0.6 is 11.3 Å². The standard InChI is InChI=1S/C11H17N3O2S/c15-6-10-2-1-5-14(10)11(16)12-4-3-9-7-17-8-13-9/h7-8,10,15H,1-6H2,(H,12,16)/t10-/m1/s1. The first-order valence-corrected chi connectivity index (χ1v) is 6.78. The maximum atomic E-state index is 11.8. The molecule has 2 amide bonds. The van der Waals surface area contributed by atoms with Gasteiger partial charge in [-0.1, -0.05) is 0 Å². The van der Waals surface area contributed by atoms with Crippen molar-refractivity contribution >= 4 is 17.4 Å². The van der Waals surface area contributed by atoms with Gasteiger partial charge < -0.3 is 15.3 Å². The summed E-state index contributed by atoms with van der Waals surface area (Å²) >= 11 is 1.56. The number of hydrogen-bond donors (Lipinski definition) is 2. The second-order valence-corrected chi connectivity index (χ2v) is 4.85. The van der Waals surface area contributed by atoms with Gasteiger partial charge >= 0.3 is 6.03 Å². The number of aromatic nitrogens is 1. The van der Waals surface area contributed by atoms with Crippen molar-refractivity contribution in [2.45, 2.75) is 25.3 Å². The van der Waals surface area contributed by atoms with Crippen molar-refractivity contribution in [2.75, 3.05) is 19.7 Å². The molecule has 0 bridgehead atoms. The van der Waals surface area contributed by atoms with Gasteiger partial charge in [0.1, 0.15) is 0 Å². The molecule has 2 heterocycles. The lowest BCUT2D eigenvalue weighted by atomic mass is 10.2. The number of carbonyl (C=O) groups is 1. The zero-order valence-electron chi connectivity index (χ0n) is 9.63. The smallest absolute Gasteiger partial charge is 0.317 e. The van der Waals surface area contributed by atoms with E-state index in [1.54, 1.807) is 21.7 Å². The van der Waals surface area contributed by atoms with Gasteiger partial charge in [0.05, 0.1) is 23.9 Å². The molecule has 1 aromatic rings. The van der Waals surface area contributed by atoms with E-state index >= 15 is 0 Å². The van der Waals surface area contributed by atoms with Gasteiger partial charge in [-0.15, -0.1) is 11.3 Å². The second kappa shape index (κ2) is 5.97. The minimum Gasteiger partial charge on any atom is -0.394 e. The van der Waals surface area contributed by atoms with Crippen molar-refractivity contribution in [3.05, 3.63) is 16.6 Å². The molecule has 2 N–H and O–H groups in total. The molecule has 0 saturated carbocycles. The maximum absolute atomic E-state index is 11.8. The van der Waals surface area contributed by atoms with Gasteiger partial charge in [0.2, 0.25) is 0 Å². The molecule has 1 aliphatic rings. The predicted octanol–water partition coefficient (Wildman–Crippen LogP) is 0.852. The number of hydrogen-bond acceptors (Lipinski definition) is 4. The van der Waals surface area contributed by atoms with E-state index in [4.69, 9.17) is 5.11 Å². The summed E-state index contributed by atoms with van der Waals surface area (Å²) in [6.07, 6.45) is 2.63. The third-order valence-electron chi connectivity index (χ3n) is 2.99. The summed E-state index contributed by atoms with van der Waals surface area (Å²) in [5.74, 6) is 0. The van der Waals surface area contributed by atoms with Crippen LogP contribution in [0.15, 0.2) is 10.9 Å². The summed E-state index contributed by atoms with van der Waals surface area (Å²) in [7, 11) is 0. The van der Waals surface area contributed by atoms with Crippen LogP contribution in [0, 0.1) is 0 Å². The Morgan fingerprint density at radius 3 is 3.29 bits per heavy atom. The summed E-state index contributed by atoms with van der Waals surface area (Å²) in [6, 6.07) is -0.0777. The minimum absolute atomic E-state index is 0.00530. The number of rotatable bonds is 4. The van der Waals surface area contributed by atoms with E-state index in [1.165, 1.54) is 0 Å². The first-order chi connectivity index (χ1) is 8.31. The molecule has 6 heteroatoms. The molecule has 1 fully saturated rings. The maximum Gasteiger partial charge on any atom is 0.317 e. The van der Waals surface area contributed by atoms with E-state index < -0.39 is 0 Å². The summed E-state index contributed by atoms with van der Waals surface area (Å²) < 4.78 is 0.